The number of para-hydroxylation sites is 2. The van der Waals surface area contributed by atoms with Gasteiger partial charge in [0.15, 0.2) is 0 Å². The zero-order valence-corrected chi connectivity index (χ0v) is 10.1. The molecule has 0 amide bonds. The van der Waals surface area contributed by atoms with Crippen molar-refractivity contribution in [2.24, 2.45) is 5.84 Å². The molecule has 3 rings (SSSR count). The summed E-state index contributed by atoms with van der Waals surface area (Å²) in [4.78, 5) is 12.4. The van der Waals surface area contributed by atoms with Crippen LogP contribution in [-0.2, 0) is 0 Å². The smallest absolute Gasteiger partial charge is 0.217 e. The van der Waals surface area contributed by atoms with Crippen molar-refractivity contribution in [1.29, 1.82) is 0 Å². The molecule has 0 saturated heterocycles. The van der Waals surface area contributed by atoms with Crippen molar-refractivity contribution < 1.29 is 4.42 Å². The van der Waals surface area contributed by atoms with Crippen LogP contribution in [0.4, 0.5) is 11.4 Å². The third-order valence-electron chi connectivity index (χ3n) is 2.96. The van der Waals surface area contributed by atoms with Crippen molar-refractivity contribution in [3.8, 4) is 0 Å². The molecular formula is C15H12N2O2. The van der Waals surface area contributed by atoms with Gasteiger partial charge in [0.25, 0.3) is 0 Å². The Balaban J connectivity index is 2.16. The number of fused-ring (bicyclic) bond motifs is 1. The highest BCUT2D eigenvalue weighted by molar-refractivity contribution is 5.80. The summed E-state index contributed by atoms with van der Waals surface area (Å²) in [5, 5.41) is 1.85. The van der Waals surface area contributed by atoms with Crippen LogP contribution in [0.15, 0.2) is 70.1 Å². The maximum Gasteiger partial charge on any atom is 0.217 e. The summed E-state index contributed by atoms with van der Waals surface area (Å²) in [5.74, 6) is 5.98. The highest BCUT2D eigenvalue weighted by atomic mass is 16.3. The number of nitrogens with zero attached hydrogens (tertiary/aromatic N) is 1. The molecule has 2 aromatic carbocycles. The van der Waals surface area contributed by atoms with E-state index in [0.29, 0.717) is 16.7 Å². The minimum absolute atomic E-state index is 0.145. The fraction of sp³-hybridized carbons (Fsp3) is 0. The van der Waals surface area contributed by atoms with E-state index in [1.807, 2.05) is 36.4 Å². The average Bonchev–Trinajstić information content (AvgIpc) is 2.48. The average molecular weight is 252 g/mol. The second kappa shape index (κ2) is 4.59. The molecule has 1 heterocycles. The number of benzene rings is 2. The molecule has 19 heavy (non-hydrogen) atoms. The molecule has 2 N–H and O–H groups in total. The number of hydrazine groups is 1. The molecule has 0 aliphatic heterocycles. The fourth-order valence-corrected chi connectivity index (χ4v) is 1.96. The summed E-state index contributed by atoms with van der Waals surface area (Å²) in [7, 11) is 0. The minimum Gasteiger partial charge on any atom is -0.462 e. The van der Waals surface area contributed by atoms with Gasteiger partial charge in [0.1, 0.15) is 17.5 Å². The number of hydrogen-bond donors (Lipinski definition) is 1. The van der Waals surface area contributed by atoms with Gasteiger partial charge >= 0.3 is 0 Å². The van der Waals surface area contributed by atoms with Crippen molar-refractivity contribution in [3.05, 3.63) is 71.1 Å². The zero-order chi connectivity index (χ0) is 13.2. The lowest BCUT2D eigenvalue weighted by atomic mass is 10.2. The summed E-state index contributed by atoms with van der Waals surface area (Å²) in [6, 6.07) is 16.4. The molecule has 0 radical (unpaired) electrons. The largest absolute Gasteiger partial charge is 0.462 e. The molecule has 0 bridgehead atoms. The van der Waals surface area contributed by atoms with E-state index in [-0.39, 0.29) is 5.43 Å². The molecule has 0 fully saturated rings. The van der Waals surface area contributed by atoms with Gasteiger partial charge in [-0.15, -0.1) is 0 Å². The first-order valence-corrected chi connectivity index (χ1v) is 5.88. The number of anilines is 2. The molecule has 0 spiro atoms. The maximum atomic E-state index is 12.4. The number of hydrogen-bond acceptors (Lipinski definition) is 4. The minimum atomic E-state index is -0.145. The van der Waals surface area contributed by atoms with Gasteiger partial charge in [-0.05, 0) is 24.3 Å². The van der Waals surface area contributed by atoms with Gasteiger partial charge in [-0.1, -0.05) is 30.3 Å². The van der Waals surface area contributed by atoms with Gasteiger partial charge in [-0.2, -0.15) is 0 Å². The number of nitrogens with two attached hydrogens (primary N) is 1. The summed E-state index contributed by atoms with van der Waals surface area (Å²) in [6.45, 7) is 0. The second-order valence-electron chi connectivity index (χ2n) is 4.15. The maximum absolute atomic E-state index is 12.4. The Labute approximate surface area is 109 Å². The van der Waals surface area contributed by atoms with Gasteiger partial charge < -0.3 is 4.42 Å². The van der Waals surface area contributed by atoms with Crippen LogP contribution in [0.5, 0.6) is 0 Å². The van der Waals surface area contributed by atoms with Crippen molar-refractivity contribution in [1.82, 2.24) is 0 Å². The molecule has 4 heteroatoms. The molecule has 0 unspecified atom stereocenters. The van der Waals surface area contributed by atoms with Crippen LogP contribution in [0.3, 0.4) is 0 Å². The zero-order valence-electron chi connectivity index (χ0n) is 10.1. The van der Waals surface area contributed by atoms with Crippen LogP contribution in [-0.4, -0.2) is 0 Å². The third kappa shape index (κ3) is 1.98. The first kappa shape index (κ1) is 11.5. The van der Waals surface area contributed by atoms with E-state index in [0.717, 1.165) is 5.69 Å². The molecule has 1 aromatic heterocycles. The highest BCUT2D eigenvalue weighted by Gasteiger charge is 2.12. The molecular weight excluding hydrogens is 240 g/mol. The van der Waals surface area contributed by atoms with Gasteiger partial charge in [0, 0.05) is 0 Å². The summed E-state index contributed by atoms with van der Waals surface area (Å²) in [6.07, 6.45) is 1.39. The molecule has 3 aromatic rings. The molecule has 94 valence electrons. The third-order valence-corrected chi connectivity index (χ3v) is 2.96. The van der Waals surface area contributed by atoms with E-state index in [9.17, 15) is 4.79 Å². The lowest BCUT2D eigenvalue weighted by Crippen LogP contribution is -2.29. The Hall–Kier alpha value is -2.59. The van der Waals surface area contributed by atoms with Gasteiger partial charge in [0.05, 0.1) is 11.1 Å². The quantitative estimate of drug-likeness (QED) is 0.562. The van der Waals surface area contributed by atoms with E-state index in [2.05, 4.69) is 0 Å². The molecule has 4 nitrogen and oxygen atoms in total. The Morgan fingerprint density at radius 2 is 1.63 bits per heavy atom. The van der Waals surface area contributed by atoms with Crippen LogP contribution < -0.4 is 16.3 Å². The summed E-state index contributed by atoms with van der Waals surface area (Å²) in [5.41, 5.74) is 1.45. The van der Waals surface area contributed by atoms with E-state index >= 15 is 0 Å². The molecule has 0 aliphatic carbocycles. The molecule has 0 aliphatic rings. The summed E-state index contributed by atoms with van der Waals surface area (Å²) < 4.78 is 5.44. The predicted molar refractivity (Wildman–Crippen MR) is 75.3 cm³/mol. The normalized spacial score (nSPS) is 10.6. The van der Waals surface area contributed by atoms with E-state index in [1.165, 1.54) is 11.3 Å². The standard InChI is InChI=1S/C15H12N2O2/c16-17(11-6-2-1-3-7-11)13-10-19-14-9-5-4-8-12(14)15(13)18/h1-10H,16H2. The molecule has 0 saturated carbocycles. The van der Waals surface area contributed by atoms with Gasteiger partial charge in [-0.3, -0.25) is 9.80 Å². The molecule has 0 atom stereocenters. The second-order valence-corrected chi connectivity index (χ2v) is 4.15. The van der Waals surface area contributed by atoms with Crippen molar-refractivity contribution >= 4 is 22.3 Å². The SMILES string of the molecule is NN(c1ccccc1)c1coc2ccccc2c1=O. The van der Waals surface area contributed by atoms with Crippen LogP contribution in [0, 0.1) is 0 Å². The van der Waals surface area contributed by atoms with Crippen LogP contribution in [0.25, 0.3) is 11.0 Å². The van der Waals surface area contributed by atoms with Crippen LogP contribution in [0.2, 0.25) is 0 Å². The predicted octanol–water partition coefficient (Wildman–Crippen LogP) is 2.80. The first-order chi connectivity index (χ1) is 9.27. The highest BCUT2D eigenvalue weighted by Crippen LogP contribution is 2.20. The Bertz CT molecular complexity index is 766. The fourth-order valence-electron chi connectivity index (χ4n) is 1.96. The lowest BCUT2D eigenvalue weighted by molar-refractivity contribution is 0.602. The lowest BCUT2D eigenvalue weighted by Gasteiger charge is -2.17. The van der Waals surface area contributed by atoms with Crippen molar-refractivity contribution in [2.45, 2.75) is 0 Å². The van der Waals surface area contributed by atoms with Crippen LogP contribution in [0.1, 0.15) is 0 Å². The Morgan fingerprint density at radius 1 is 0.947 bits per heavy atom. The van der Waals surface area contributed by atoms with Gasteiger partial charge in [-0.25, -0.2) is 5.84 Å². The van der Waals surface area contributed by atoms with E-state index in [4.69, 9.17) is 10.3 Å². The van der Waals surface area contributed by atoms with Gasteiger partial charge in [0.2, 0.25) is 5.43 Å². The topological polar surface area (TPSA) is 59.5 Å². The summed E-state index contributed by atoms with van der Waals surface area (Å²) >= 11 is 0. The van der Waals surface area contributed by atoms with Crippen molar-refractivity contribution in [2.75, 3.05) is 5.01 Å². The first-order valence-electron chi connectivity index (χ1n) is 5.88. The van der Waals surface area contributed by atoms with E-state index in [1.54, 1.807) is 18.2 Å². The Kier molecular flexibility index (Phi) is 2.78. The van der Waals surface area contributed by atoms with E-state index < -0.39 is 0 Å². The Morgan fingerprint density at radius 3 is 2.42 bits per heavy atom. The monoisotopic (exact) mass is 252 g/mol. The van der Waals surface area contributed by atoms with Crippen molar-refractivity contribution in [3.63, 3.8) is 0 Å². The number of rotatable bonds is 2. The van der Waals surface area contributed by atoms with Crippen LogP contribution >= 0.6 is 0 Å².